The average molecular weight is 420 g/mol. The summed E-state index contributed by atoms with van der Waals surface area (Å²) in [5.74, 6) is 1.37. The van der Waals surface area contributed by atoms with Crippen molar-refractivity contribution >= 4 is 16.9 Å². The Kier molecular flexibility index (Phi) is 5.36. The fraction of sp³-hybridized carbons (Fsp3) is 0.458. The molecule has 4 N–H and O–H groups in total. The number of hydrogen-bond acceptors (Lipinski definition) is 5. The lowest BCUT2D eigenvalue weighted by molar-refractivity contribution is 0.0927. The standard InChI is InChI=1S/C24H29N5O2/c1-14-2-9-20(31-12-15-3-4-15)18(10-14)21-23-22(28-13-27-21)19(11-26-23)24(30)29-17-7-5-16(25)6-8-17/h2,9-11,13,15-17,26H,3-8,12,25H2,1H3,(H,29,30). The van der Waals surface area contributed by atoms with Crippen molar-refractivity contribution in [3.8, 4) is 17.0 Å². The van der Waals surface area contributed by atoms with Crippen molar-refractivity contribution in [2.75, 3.05) is 6.61 Å². The summed E-state index contributed by atoms with van der Waals surface area (Å²) in [6.45, 7) is 2.78. The molecule has 0 spiro atoms. The van der Waals surface area contributed by atoms with Crippen molar-refractivity contribution in [1.82, 2.24) is 20.3 Å². The first kappa shape index (κ1) is 20.0. The van der Waals surface area contributed by atoms with E-state index >= 15 is 0 Å². The molecule has 2 aliphatic carbocycles. The summed E-state index contributed by atoms with van der Waals surface area (Å²) in [7, 11) is 0. The predicted molar refractivity (Wildman–Crippen MR) is 120 cm³/mol. The van der Waals surface area contributed by atoms with E-state index in [1.54, 1.807) is 6.20 Å². The van der Waals surface area contributed by atoms with Crippen molar-refractivity contribution in [2.45, 2.75) is 57.5 Å². The fourth-order valence-corrected chi connectivity index (χ4v) is 4.29. The first-order valence-electron chi connectivity index (χ1n) is 11.2. The number of fused-ring (bicyclic) bond motifs is 1. The number of H-pyrrole nitrogens is 1. The van der Waals surface area contributed by atoms with Crippen molar-refractivity contribution in [3.63, 3.8) is 0 Å². The van der Waals surface area contributed by atoms with Crippen LogP contribution < -0.4 is 15.8 Å². The quantitative estimate of drug-likeness (QED) is 0.565. The SMILES string of the molecule is Cc1ccc(OCC2CC2)c(-c2ncnc3c(C(=O)NC4CCC(N)CC4)c[nH]c23)c1. The Bertz CT molecular complexity index is 1100. The van der Waals surface area contributed by atoms with Gasteiger partial charge in [0.05, 0.1) is 17.7 Å². The number of carbonyl (C=O) groups is 1. The number of aromatic nitrogens is 3. The average Bonchev–Trinajstić information content (AvgIpc) is 3.50. The number of rotatable bonds is 6. The first-order valence-corrected chi connectivity index (χ1v) is 11.2. The van der Waals surface area contributed by atoms with Crippen LogP contribution in [0.3, 0.4) is 0 Å². The lowest BCUT2D eigenvalue weighted by Crippen LogP contribution is -2.40. The molecular formula is C24H29N5O2. The highest BCUT2D eigenvalue weighted by molar-refractivity contribution is 6.07. The number of carbonyl (C=O) groups excluding carboxylic acids is 1. The van der Waals surface area contributed by atoms with Gasteiger partial charge >= 0.3 is 0 Å². The van der Waals surface area contributed by atoms with Gasteiger partial charge in [0.1, 0.15) is 23.3 Å². The summed E-state index contributed by atoms with van der Waals surface area (Å²) >= 11 is 0. The number of nitrogens with one attached hydrogen (secondary N) is 2. The van der Waals surface area contributed by atoms with E-state index in [-0.39, 0.29) is 18.0 Å². The lowest BCUT2D eigenvalue weighted by atomic mass is 9.91. The molecule has 0 atom stereocenters. The molecule has 0 aliphatic heterocycles. The third kappa shape index (κ3) is 4.28. The second-order valence-electron chi connectivity index (χ2n) is 8.99. The zero-order valence-electron chi connectivity index (χ0n) is 17.9. The van der Waals surface area contributed by atoms with Crippen molar-refractivity contribution < 1.29 is 9.53 Å². The van der Waals surface area contributed by atoms with Gasteiger partial charge in [0.15, 0.2) is 0 Å². The van der Waals surface area contributed by atoms with Crippen molar-refractivity contribution in [1.29, 1.82) is 0 Å². The zero-order chi connectivity index (χ0) is 21.4. The van der Waals surface area contributed by atoms with Crippen LogP contribution in [-0.4, -0.2) is 39.5 Å². The summed E-state index contributed by atoms with van der Waals surface area (Å²) in [5, 5.41) is 3.15. The highest BCUT2D eigenvalue weighted by atomic mass is 16.5. The summed E-state index contributed by atoms with van der Waals surface area (Å²) in [6, 6.07) is 6.55. The minimum absolute atomic E-state index is 0.106. The minimum atomic E-state index is -0.106. The number of amides is 1. The molecule has 0 unspecified atom stereocenters. The third-order valence-electron chi connectivity index (χ3n) is 6.38. The first-order chi connectivity index (χ1) is 15.1. The molecule has 31 heavy (non-hydrogen) atoms. The highest BCUT2D eigenvalue weighted by Crippen LogP contribution is 2.36. The maximum absolute atomic E-state index is 13.0. The van der Waals surface area contributed by atoms with E-state index < -0.39 is 0 Å². The van der Waals surface area contributed by atoms with E-state index in [4.69, 9.17) is 10.5 Å². The molecule has 2 heterocycles. The van der Waals surface area contributed by atoms with Gasteiger partial charge in [-0.25, -0.2) is 9.97 Å². The maximum atomic E-state index is 13.0. The Hall–Kier alpha value is -2.93. The van der Waals surface area contributed by atoms with Gasteiger partial charge in [-0.15, -0.1) is 0 Å². The molecule has 1 aromatic carbocycles. The lowest BCUT2D eigenvalue weighted by Gasteiger charge is -2.26. The van der Waals surface area contributed by atoms with Gasteiger partial charge in [-0.1, -0.05) is 11.6 Å². The summed E-state index contributed by atoms with van der Waals surface area (Å²) < 4.78 is 6.12. The second kappa shape index (κ2) is 8.30. The number of benzene rings is 1. The van der Waals surface area contributed by atoms with E-state index in [1.807, 2.05) is 12.1 Å². The Morgan fingerprint density at radius 3 is 2.77 bits per heavy atom. The molecule has 3 aromatic rings. The van der Waals surface area contributed by atoms with Crippen LogP contribution in [0.2, 0.25) is 0 Å². The second-order valence-corrected chi connectivity index (χ2v) is 8.99. The molecule has 2 saturated carbocycles. The topological polar surface area (TPSA) is 106 Å². The van der Waals surface area contributed by atoms with Crippen LogP contribution in [0.1, 0.15) is 54.4 Å². The van der Waals surface area contributed by atoms with Crippen LogP contribution in [0.15, 0.2) is 30.7 Å². The smallest absolute Gasteiger partial charge is 0.255 e. The normalized spacial score (nSPS) is 21.2. The van der Waals surface area contributed by atoms with Crippen LogP contribution >= 0.6 is 0 Å². The number of hydrogen-bond donors (Lipinski definition) is 3. The number of nitrogens with two attached hydrogens (primary N) is 1. The van der Waals surface area contributed by atoms with Gasteiger partial charge in [-0.05, 0) is 63.5 Å². The molecule has 7 heteroatoms. The van der Waals surface area contributed by atoms with Crippen LogP contribution in [0.4, 0.5) is 0 Å². The Balaban J connectivity index is 1.44. The van der Waals surface area contributed by atoms with E-state index in [9.17, 15) is 4.79 Å². The molecule has 0 saturated heterocycles. The molecule has 1 amide bonds. The Morgan fingerprint density at radius 1 is 1.19 bits per heavy atom. The number of aromatic amines is 1. The number of nitrogens with zero attached hydrogens (tertiary/aromatic N) is 2. The Morgan fingerprint density at radius 2 is 2.00 bits per heavy atom. The minimum Gasteiger partial charge on any atom is -0.493 e. The van der Waals surface area contributed by atoms with Crippen molar-refractivity contribution in [3.05, 3.63) is 41.9 Å². The van der Waals surface area contributed by atoms with Gasteiger partial charge in [-0.2, -0.15) is 0 Å². The number of aryl methyl sites for hydroxylation is 1. The maximum Gasteiger partial charge on any atom is 0.255 e. The molecular weight excluding hydrogens is 390 g/mol. The van der Waals surface area contributed by atoms with E-state index in [1.165, 1.54) is 19.2 Å². The molecule has 2 aliphatic rings. The van der Waals surface area contributed by atoms with Crippen LogP contribution in [0, 0.1) is 12.8 Å². The molecule has 0 bridgehead atoms. The molecule has 5 rings (SSSR count). The molecule has 2 fully saturated rings. The number of ether oxygens (including phenoxy) is 1. The summed E-state index contributed by atoms with van der Waals surface area (Å²) in [6.07, 6.45) is 9.45. The molecule has 2 aromatic heterocycles. The largest absolute Gasteiger partial charge is 0.493 e. The zero-order valence-corrected chi connectivity index (χ0v) is 17.9. The predicted octanol–water partition coefficient (Wildman–Crippen LogP) is 3.72. The highest BCUT2D eigenvalue weighted by Gasteiger charge is 2.25. The van der Waals surface area contributed by atoms with E-state index in [2.05, 4.69) is 33.3 Å². The van der Waals surface area contributed by atoms with Gasteiger partial charge in [0.25, 0.3) is 5.91 Å². The molecule has 162 valence electrons. The summed E-state index contributed by atoms with van der Waals surface area (Å²) in [5.41, 5.74) is 10.7. The van der Waals surface area contributed by atoms with Gasteiger partial charge in [-0.3, -0.25) is 4.79 Å². The van der Waals surface area contributed by atoms with Crippen LogP contribution in [0.5, 0.6) is 5.75 Å². The van der Waals surface area contributed by atoms with E-state index in [0.717, 1.165) is 60.4 Å². The van der Waals surface area contributed by atoms with Crippen LogP contribution in [0.25, 0.3) is 22.3 Å². The third-order valence-corrected chi connectivity index (χ3v) is 6.38. The van der Waals surface area contributed by atoms with Gasteiger partial charge < -0.3 is 20.8 Å². The fourth-order valence-electron chi connectivity index (χ4n) is 4.29. The molecule has 7 nitrogen and oxygen atoms in total. The van der Waals surface area contributed by atoms with E-state index in [0.29, 0.717) is 17.0 Å². The van der Waals surface area contributed by atoms with Gasteiger partial charge in [0, 0.05) is 23.8 Å². The van der Waals surface area contributed by atoms with Crippen molar-refractivity contribution in [2.24, 2.45) is 11.7 Å². The summed E-state index contributed by atoms with van der Waals surface area (Å²) in [4.78, 5) is 25.2. The monoisotopic (exact) mass is 419 g/mol. The van der Waals surface area contributed by atoms with Crippen LogP contribution in [-0.2, 0) is 0 Å². The molecule has 0 radical (unpaired) electrons. The van der Waals surface area contributed by atoms with Gasteiger partial charge in [0.2, 0.25) is 0 Å². The Labute approximate surface area is 181 Å².